The van der Waals surface area contributed by atoms with Crippen molar-refractivity contribution in [1.82, 2.24) is 5.06 Å². The maximum atomic E-state index is 12.2. The van der Waals surface area contributed by atoms with E-state index < -0.39 is 11.8 Å². The van der Waals surface area contributed by atoms with Gasteiger partial charge in [0.1, 0.15) is 0 Å². The molecule has 0 aromatic heterocycles. The molecule has 0 bridgehead atoms. The monoisotopic (exact) mass is 325 g/mol. The number of hydroxylamine groups is 2. The first-order chi connectivity index (χ1) is 11.6. The van der Waals surface area contributed by atoms with Gasteiger partial charge < -0.3 is 10.6 Å². The molecule has 1 heterocycles. The van der Waals surface area contributed by atoms with Crippen LogP contribution in [0.25, 0.3) is 0 Å². The highest BCUT2D eigenvalue weighted by atomic mass is 16.7. The number of hydrogen-bond acceptors (Lipinski definition) is 5. The summed E-state index contributed by atoms with van der Waals surface area (Å²) in [4.78, 5) is 32.0. The lowest BCUT2D eigenvalue weighted by Gasteiger charge is -2.24. The van der Waals surface area contributed by atoms with Crippen molar-refractivity contribution in [2.75, 3.05) is 30.3 Å². The number of anilines is 2. The number of carbonyl (C=O) groups is 2. The third-order valence-corrected chi connectivity index (χ3v) is 3.98. The van der Waals surface area contributed by atoms with Crippen molar-refractivity contribution < 1.29 is 14.4 Å². The Hall–Kier alpha value is -2.86. The number of imide groups is 1. The van der Waals surface area contributed by atoms with E-state index in [1.165, 1.54) is 0 Å². The van der Waals surface area contributed by atoms with E-state index in [4.69, 9.17) is 10.6 Å². The van der Waals surface area contributed by atoms with Crippen LogP contribution in [0.5, 0.6) is 0 Å². The number of carbonyl (C=O) groups excluding carboxylic acids is 2. The highest BCUT2D eigenvalue weighted by Crippen LogP contribution is 2.22. The number of likely N-dealkylation sites (N-methyl/N-ethyl adjacent to an activating group) is 1. The summed E-state index contributed by atoms with van der Waals surface area (Å²) in [5.74, 6) is -0.822. The Bertz CT molecular complexity index is 723. The van der Waals surface area contributed by atoms with Gasteiger partial charge in [-0.15, -0.1) is 5.06 Å². The third-order valence-electron chi connectivity index (χ3n) is 3.98. The van der Waals surface area contributed by atoms with E-state index in [0.717, 1.165) is 17.3 Å². The molecule has 0 aliphatic carbocycles. The smallest absolute Gasteiger partial charge is 0.285 e. The molecular weight excluding hydrogens is 306 g/mol. The molecule has 6 heteroatoms. The molecule has 0 fully saturated rings. The summed E-state index contributed by atoms with van der Waals surface area (Å²) in [6.45, 7) is 3.57. The van der Waals surface area contributed by atoms with Crippen molar-refractivity contribution in [3.8, 4) is 0 Å². The summed E-state index contributed by atoms with van der Waals surface area (Å²) in [5, 5.41) is 0.849. The molecule has 0 saturated carbocycles. The number of hydrogen-bond donors (Lipinski definition) is 1. The fourth-order valence-electron chi connectivity index (χ4n) is 2.68. The number of nitrogen functional groups attached to an aromatic ring is 1. The van der Waals surface area contributed by atoms with E-state index in [2.05, 4.69) is 4.90 Å². The van der Waals surface area contributed by atoms with Gasteiger partial charge in [0, 0.05) is 24.5 Å². The van der Waals surface area contributed by atoms with E-state index in [-0.39, 0.29) is 6.61 Å². The molecule has 0 atom stereocenters. The first-order valence-corrected chi connectivity index (χ1v) is 7.83. The van der Waals surface area contributed by atoms with Gasteiger partial charge in [-0.1, -0.05) is 12.1 Å². The van der Waals surface area contributed by atoms with E-state index in [1.54, 1.807) is 24.3 Å². The number of benzene rings is 2. The molecule has 2 amide bonds. The molecule has 0 unspecified atom stereocenters. The minimum atomic E-state index is -0.411. The molecule has 0 radical (unpaired) electrons. The van der Waals surface area contributed by atoms with E-state index >= 15 is 0 Å². The van der Waals surface area contributed by atoms with Crippen LogP contribution in [0, 0.1) is 0 Å². The van der Waals surface area contributed by atoms with Crippen LogP contribution >= 0.6 is 0 Å². The lowest BCUT2D eigenvalue weighted by Crippen LogP contribution is -2.34. The molecule has 2 aromatic carbocycles. The standard InChI is InChI=1S/C18H19N3O3/c1-2-20(14-9-7-13(19)8-10-14)11-12-24-21-17(22)15-5-3-4-6-16(15)18(21)23/h3-10H,2,11-12,19H2,1H3. The molecule has 1 aliphatic rings. The number of fused-ring (bicyclic) bond motifs is 1. The van der Waals surface area contributed by atoms with Gasteiger partial charge in [-0.05, 0) is 43.3 Å². The highest BCUT2D eigenvalue weighted by Gasteiger charge is 2.36. The normalized spacial score (nSPS) is 13.3. The number of nitrogens with two attached hydrogens (primary N) is 1. The van der Waals surface area contributed by atoms with Crippen molar-refractivity contribution in [1.29, 1.82) is 0 Å². The molecule has 0 saturated heterocycles. The number of rotatable bonds is 6. The van der Waals surface area contributed by atoms with Crippen molar-refractivity contribution in [3.63, 3.8) is 0 Å². The van der Waals surface area contributed by atoms with Gasteiger partial charge in [0.25, 0.3) is 11.8 Å². The molecule has 6 nitrogen and oxygen atoms in total. The van der Waals surface area contributed by atoms with Crippen LogP contribution in [0.15, 0.2) is 48.5 Å². The van der Waals surface area contributed by atoms with Gasteiger partial charge >= 0.3 is 0 Å². The lowest BCUT2D eigenvalue weighted by atomic mass is 10.1. The summed E-state index contributed by atoms with van der Waals surface area (Å²) in [5.41, 5.74) is 8.18. The Balaban J connectivity index is 1.61. The summed E-state index contributed by atoms with van der Waals surface area (Å²) in [7, 11) is 0. The minimum Gasteiger partial charge on any atom is -0.399 e. The predicted molar refractivity (Wildman–Crippen MR) is 91.6 cm³/mol. The molecule has 1 aliphatic heterocycles. The third kappa shape index (κ3) is 2.96. The zero-order valence-electron chi connectivity index (χ0n) is 13.4. The van der Waals surface area contributed by atoms with Crippen molar-refractivity contribution in [2.45, 2.75) is 6.92 Å². The molecular formula is C18H19N3O3. The van der Waals surface area contributed by atoms with Crippen LogP contribution in [0.2, 0.25) is 0 Å². The fourth-order valence-corrected chi connectivity index (χ4v) is 2.68. The quantitative estimate of drug-likeness (QED) is 0.651. The number of nitrogens with zero attached hydrogens (tertiary/aromatic N) is 2. The Morgan fingerprint density at radius 1 is 1.00 bits per heavy atom. The van der Waals surface area contributed by atoms with Crippen LogP contribution in [-0.2, 0) is 4.84 Å². The average molecular weight is 325 g/mol. The molecule has 2 N–H and O–H groups in total. The van der Waals surface area contributed by atoms with E-state index in [0.29, 0.717) is 23.4 Å². The SMILES string of the molecule is CCN(CCON1C(=O)c2ccccc2C1=O)c1ccc(N)cc1. The van der Waals surface area contributed by atoms with Crippen LogP contribution in [0.1, 0.15) is 27.6 Å². The second-order valence-corrected chi connectivity index (χ2v) is 5.45. The van der Waals surface area contributed by atoms with E-state index in [1.807, 2.05) is 31.2 Å². The minimum absolute atomic E-state index is 0.226. The second kappa shape index (κ2) is 6.72. The van der Waals surface area contributed by atoms with Gasteiger partial charge in [0.05, 0.1) is 17.7 Å². The van der Waals surface area contributed by atoms with Crippen molar-refractivity contribution in [2.24, 2.45) is 0 Å². The second-order valence-electron chi connectivity index (χ2n) is 5.45. The van der Waals surface area contributed by atoms with Crippen molar-refractivity contribution in [3.05, 3.63) is 59.7 Å². The largest absolute Gasteiger partial charge is 0.399 e. The predicted octanol–water partition coefficient (Wildman–Crippen LogP) is 2.32. The van der Waals surface area contributed by atoms with Crippen LogP contribution < -0.4 is 10.6 Å². The Morgan fingerprint density at radius 2 is 1.58 bits per heavy atom. The van der Waals surface area contributed by atoms with Crippen LogP contribution in [-0.4, -0.2) is 36.6 Å². The van der Waals surface area contributed by atoms with Crippen LogP contribution in [0.4, 0.5) is 11.4 Å². The van der Waals surface area contributed by atoms with Crippen molar-refractivity contribution >= 4 is 23.2 Å². The first kappa shape index (κ1) is 16.0. The molecule has 0 spiro atoms. The number of amides is 2. The van der Waals surface area contributed by atoms with Gasteiger partial charge in [0.2, 0.25) is 0 Å². The summed E-state index contributed by atoms with van der Waals surface area (Å²) in [6.07, 6.45) is 0. The fraction of sp³-hybridized carbons (Fsp3) is 0.222. The Kier molecular flexibility index (Phi) is 4.48. The molecule has 3 rings (SSSR count). The van der Waals surface area contributed by atoms with Gasteiger partial charge in [-0.2, -0.15) is 0 Å². The van der Waals surface area contributed by atoms with Gasteiger partial charge in [0.15, 0.2) is 0 Å². The lowest BCUT2D eigenvalue weighted by molar-refractivity contribution is -0.0885. The summed E-state index contributed by atoms with van der Waals surface area (Å²) < 4.78 is 0. The van der Waals surface area contributed by atoms with Gasteiger partial charge in [-0.3, -0.25) is 14.4 Å². The van der Waals surface area contributed by atoms with Gasteiger partial charge in [-0.25, -0.2) is 0 Å². The zero-order chi connectivity index (χ0) is 17.1. The highest BCUT2D eigenvalue weighted by molar-refractivity contribution is 6.20. The summed E-state index contributed by atoms with van der Waals surface area (Å²) in [6, 6.07) is 14.3. The maximum Gasteiger partial charge on any atom is 0.285 e. The maximum absolute atomic E-state index is 12.2. The molecule has 124 valence electrons. The zero-order valence-corrected chi connectivity index (χ0v) is 13.4. The topological polar surface area (TPSA) is 75.9 Å². The Morgan fingerprint density at radius 3 is 2.12 bits per heavy atom. The Labute approximate surface area is 140 Å². The van der Waals surface area contributed by atoms with E-state index in [9.17, 15) is 9.59 Å². The summed E-state index contributed by atoms with van der Waals surface area (Å²) >= 11 is 0. The first-order valence-electron chi connectivity index (χ1n) is 7.83. The molecule has 24 heavy (non-hydrogen) atoms. The van der Waals surface area contributed by atoms with Crippen LogP contribution in [0.3, 0.4) is 0 Å². The molecule has 2 aromatic rings. The average Bonchev–Trinajstić information content (AvgIpc) is 2.85.